The molecule has 3 nitrogen and oxygen atoms in total. The van der Waals surface area contributed by atoms with Crippen LogP contribution in [-0.4, -0.2) is 9.97 Å². The number of halogens is 1. The minimum absolute atomic E-state index is 0.434. The normalized spacial score (nSPS) is 17.5. The van der Waals surface area contributed by atoms with Crippen molar-refractivity contribution in [1.29, 1.82) is 0 Å². The van der Waals surface area contributed by atoms with Crippen LogP contribution in [0.3, 0.4) is 0 Å². The maximum Gasteiger partial charge on any atom is 0.150 e. The molecule has 0 atom stereocenters. The summed E-state index contributed by atoms with van der Waals surface area (Å²) in [5, 5.41) is 0.605. The maximum atomic E-state index is 6.01. The Hall–Kier alpha value is -0.540. The number of aromatic amines is 1. The minimum Gasteiger partial charge on any atom is -0.344 e. The molecule has 1 fully saturated rings. The molecule has 1 aromatic heterocycles. The van der Waals surface area contributed by atoms with Crippen LogP contribution in [0.15, 0.2) is 0 Å². The van der Waals surface area contributed by atoms with Gasteiger partial charge in [0.1, 0.15) is 11.0 Å². The quantitative estimate of drug-likeness (QED) is 0.831. The number of nitrogens with two attached hydrogens (primary N) is 1. The van der Waals surface area contributed by atoms with Crippen molar-refractivity contribution in [3.8, 4) is 0 Å². The van der Waals surface area contributed by atoms with Crippen molar-refractivity contribution in [1.82, 2.24) is 9.97 Å². The molecule has 84 valence electrons. The Morgan fingerprint density at radius 2 is 2.13 bits per heavy atom. The standard InChI is InChI=1S/C11H18ClN3/c12-11-9(14-10(7-13)15-11)6-5-8-3-1-2-4-8/h8H,1-7,13H2,(H,14,15). The molecular weight excluding hydrogens is 210 g/mol. The van der Waals surface area contributed by atoms with Gasteiger partial charge in [-0.15, -0.1) is 0 Å². The zero-order valence-electron chi connectivity index (χ0n) is 8.93. The van der Waals surface area contributed by atoms with E-state index in [1.54, 1.807) is 0 Å². The molecule has 1 aliphatic rings. The number of imidazole rings is 1. The van der Waals surface area contributed by atoms with Crippen molar-refractivity contribution in [2.75, 3.05) is 0 Å². The summed E-state index contributed by atoms with van der Waals surface area (Å²) in [5.41, 5.74) is 6.56. The highest BCUT2D eigenvalue weighted by Crippen LogP contribution is 2.29. The lowest BCUT2D eigenvalue weighted by Crippen LogP contribution is -1.99. The largest absolute Gasteiger partial charge is 0.344 e. The van der Waals surface area contributed by atoms with Crippen LogP contribution in [0, 0.1) is 5.92 Å². The van der Waals surface area contributed by atoms with E-state index in [9.17, 15) is 0 Å². The summed E-state index contributed by atoms with van der Waals surface area (Å²) in [4.78, 5) is 7.35. The van der Waals surface area contributed by atoms with Crippen molar-refractivity contribution in [3.63, 3.8) is 0 Å². The zero-order valence-corrected chi connectivity index (χ0v) is 9.69. The summed E-state index contributed by atoms with van der Waals surface area (Å²) in [6.45, 7) is 0.434. The van der Waals surface area contributed by atoms with Gasteiger partial charge in [-0.3, -0.25) is 0 Å². The Morgan fingerprint density at radius 3 is 2.73 bits per heavy atom. The van der Waals surface area contributed by atoms with E-state index in [1.165, 1.54) is 32.1 Å². The molecule has 0 unspecified atom stereocenters. The molecule has 1 heterocycles. The molecule has 0 bridgehead atoms. The number of nitrogens with one attached hydrogen (secondary N) is 1. The van der Waals surface area contributed by atoms with Gasteiger partial charge in [0.25, 0.3) is 0 Å². The van der Waals surface area contributed by atoms with E-state index in [0.717, 1.165) is 23.9 Å². The van der Waals surface area contributed by atoms with Crippen LogP contribution in [-0.2, 0) is 13.0 Å². The van der Waals surface area contributed by atoms with Crippen molar-refractivity contribution in [2.45, 2.75) is 45.1 Å². The highest BCUT2D eigenvalue weighted by atomic mass is 35.5. The predicted molar refractivity (Wildman–Crippen MR) is 61.8 cm³/mol. The van der Waals surface area contributed by atoms with Gasteiger partial charge in [-0.2, -0.15) is 0 Å². The van der Waals surface area contributed by atoms with Crippen LogP contribution in [0.2, 0.25) is 5.15 Å². The molecule has 4 heteroatoms. The van der Waals surface area contributed by atoms with Crippen molar-refractivity contribution in [2.24, 2.45) is 11.7 Å². The number of rotatable bonds is 4. The fraction of sp³-hybridized carbons (Fsp3) is 0.727. The van der Waals surface area contributed by atoms with E-state index < -0.39 is 0 Å². The molecule has 15 heavy (non-hydrogen) atoms. The van der Waals surface area contributed by atoms with Gasteiger partial charge in [-0.05, 0) is 18.8 Å². The lowest BCUT2D eigenvalue weighted by atomic mass is 10.0. The number of aromatic nitrogens is 2. The summed E-state index contributed by atoms with van der Waals surface area (Å²) >= 11 is 6.01. The lowest BCUT2D eigenvalue weighted by molar-refractivity contribution is 0.501. The van der Waals surface area contributed by atoms with E-state index in [1.807, 2.05) is 0 Å². The smallest absolute Gasteiger partial charge is 0.150 e. The van der Waals surface area contributed by atoms with Crippen molar-refractivity contribution < 1.29 is 0 Å². The molecule has 0 radical (unpaired) electrons. The van der Waals surface area contributed by atoms with Crippen LogP contribution in [0.1, 0.15) is 43.6 Å². The summed E-state index contributed by atoms with van der Waals surface area (Å²) in [7, 11) is 0. The van der Waals surface area contributed by atoms with Crippen LogP contribution in [0.5, 0.6) is 0 Å². The van der Waals surface area contributed by atoms with Gasteiger partial charge in [-0.25, -0.2) is 4.98 Å². The SMILES string of the molecule is NCc1nc(Cl)c(CCC2CCCC2)[nH]1. The first-order valence-corrected chi connectivity index (χ1v) is 6.10. The third-order valence-electron chi connectivity index (χ3n) is 3.25. The minimum atomic E-state index is 0.434. The third-order valence-corrected chi connectivity index (χ3v) is 3.56. The molecule has 0 aliphatic heterocycles. The monoisotopic (exact) mass is 227 g/mol. The second-order valence-corrected chi connectivity index (χ2v) is 4.70. The highest BCUT2D eigenvalue weighted by molar-refractivity contribution is 6.30. The van der Waals surface area contributed by atoms with Crippen LogP contribution >= 0.6 is 11.6 Å². The van der Waals surface area contributed by atoms with E-state index in [0.29, 0.717) is 11.7 Å². The van der Waals surface area contributed by atoms with Gasteiger partial charge >= 0.3 is 0 Å². The number of hydrogen-bond acceptors (Lipinski definition) is 2. The molecule has 0 spiro atoms. The van der Waals surface area contributed by atoms with E-state index in [4.69, 9.17) is 17.3 Å². The topological polar surface area (TPSA) is 54.7 Å². The molecular formula is C11H18ClN3. The first-order valence-electron chi connectivity index (χ1n) is 5.73. The van der Waals surface area contributed by atoms with Crippen LogP contribution < -0.4 is 5.73 Å². The Bertz CT molecular complexity index is 316. The number of hydrogen-bond donors (Lipinski definition) is 2. The third kappa shape index (κ3) is 2.73. The molecule has 0 saturated heterocycles. The van der Waals surface area contributed by atoms with E-state index >= 15 is 0 Å². The van der Waals surface area contributed by atoms with Gasteiger partial charge in [-0.1, -0.05) is 37.3 Å². The predicted octanol–water partition coefficient (Wildman–Crippen LogP) is 2.64. The first kappa shape index (κ1) is 11.0. The van der Waals surface area contributed by atoms with Crippen molar-refractivity contribution in [3.05, 3.63) is 16.7 Å². The fourth-order valence-corrected chi connectivity index (χ4v) is 2.59. The van der Waals surface area contributed by atoms with E-state index in [2.05, 4.69) is 9.97 Å². The molecule has 0 aromatic carbocycles. The average Bonchev–Trinajstić information content (AvgIpc) is 2.84. The fourth-order valence-electron chi connectivity index (χ4n) is 2.35. The number of aryl methyl sites for hydroxylation is 1. The molecule has 1 aromatic rings. The zero-order chi connectivity index (χ0) is 10.7. The number of nitrogens with zero attached hydrogens (tertiary/aromatic N) is 1. The maximum absolute atomic E-state index is 6.01. The highest BCUT2D eigenvalue weighted by Gasteiger charge is 2.16. The Kier molecular flexibility index (Phi) is 3.65. The van der Waals surface area contributed by atoms with E-state index in [-0.39, 0.29) is 0 Å². The van der Waals surface area contributed by atoms with Gasteiger partial charge in [0.05, 0.1) is 12.2 Å². The molecule has 1 saturated carbocycles. The van der Waals surface area contributed by atoms with Gasteiger partial charge in [0.2, 0.25) is 0 Å². The average molecular weight is 228 g/mol. The second kappa shape index (κ2) is 4.99. The summed E-state index contributed by atoms with van der Waals surface area (Å²) < 4.78 is 0. The Morgan fingerprint density at radius 1 is 1.40 bits per heavy atom. The molecule has 1 aliphatic carbocycles. The summed E-state index contributed by atoms with van der Waals surface area (Å²) in [5.74, 6) is 1.69. The lowest BCUT2D eigenvalue weighted by Gasteiger charge is -2.06. The van der Waals surface area contributed by atoms with Crippen molar-refractivity contribution >= 4 is 11.6 Å². The van der Waals surface area contributed by atoms with Gasteiger partial charge in [0, 0.05) is 0 Å². The van der Waals surface area contributed by atoms with Gasteiger partial charge in [0.15, 0.2) is 0 Å². The molecule has 0 amide bonds. The van der Waals surface area contributed by atoms with Crippen LogP contribution in [0.25, 0.3) is 0 Å². The first-order chi connectivity index (χ1) is 7.29. The van der Waals surface area contributed by atoms with Crippen LogP contribution in [0.4, 0.5) is 0 Å². The Labute approximate surface area is 95.4 Å². The summed E-state index contributed by atoms with van der Waals surface area (Å²) in [6, 6.07) is 0. The Balaban J connectivity index is 1.89. The van der Waals surface area contributed by atoms with Gasteiger partial charge < -0.3 is 10.7 Å². The number of H-pyrrole nitrogens is 1. The molecule has 2 rings (SSSR count). The second-order valence-electron chi connectivity index (χ2n) is 4.35. The molecule has 3 N–H and O–H groups in total. The summed E-state index contributed by atoms with van der Waals surface area (Å²) in [6.07, 6.45) is 7.80.